The van der Waals surface area contributed by atoms with Gasteiger partial charge >= 0.3 is 12.2 Å². The molecule has 2 atom stereocenters. The fraction of sp³-hybridized carbons (Fsp3) is 0.789. The fourth-order valence-electron chi connectivity index (χ4n) is 3.09. The molecule has 12 heteroatoms. The maximum Gasteiger partial charge on any atom is 0.410 e. The first-order chi connectivity index (χ1) is 14.7. The minimum absolute atomic E-state index is 0.229. The summed E-state index contributed by atoms with van der Waals surface area (Å²) in [5.41, 5.74) is -0.715. The maximum atomic E-state index is 13.4. The molecule has 3 N–H and O–H groups in total. The van der Waals surface area contributed by atoms with Crippen molar-refractivity contribution in [1.82, 2.24) is 36.2 Å². The second kappa shape index (κ2) is 11.6. The molecule has 2 rings (SSSR count). The van der Waals surface area contributed by atoms with Gasteiger partial charge in [0.05, 0.1) is 12.6 Å². The average Bonchev–Trinajstić information content (AvgIpc) is 3.23. The molecule has 0 saturated carbocycles. The van der Waals surface area contributed by atoms with E-state index >= 15 is 0 Å². The van der Waals surface area contributed by atoms with Crippen molar-refractivity contribution in [3.8, 4) is 0 Å². The Morgan fingerprint density at radius 2 is 2.10 bits per heavy atom. The van der Waals surface area contributed by atoms with Gasteiger partial charge in [0, 0.05) is 26.1 Å². The van der Waals surface area contributed by atoms with Crippen molar-refractivity contribution in [3.63, 3.8) is 0 Å². The van der Waals surface area contributed by atoms with Gasteiger partial charge in [-0.2, -0.15) is 5.21 Å². The van der Waals surface area contributed by atoms with Crippen LogP contribution in [0.2, 0.25) is 0 Å². The van der Waals surface area contributed by atoms with Crippen LogP contribution in [0.4, 0.5) is 9.59 Å². The van der Waals surface area contributed by atoms with Crippen molar-refractivity contribution in [2.24, 2.45) is 0 Å². The van der Waals surface area contributed by atoms with E-state index in [1.165, 1.54) is 4.90 Å². The summed E-state index contributed by atoms with van der Waals surface area (Å²) >= 11 is 0. The highest BCUT2D eigenvalue weighted by Gasteiger charge is 2.37. The number of hydrogen-bond donors (Lipinski definition) is 3. The van der Waals surface area contributed by atoms with Crippen LogP contribution in [0.3, 0.4) is 0 Å². The topological polar surface area (TPSA) is 151 Å². The molecule has 0 aliphatic carbocycles. The van der Waals surface area contributed by atoms with Gasteiger partial charge in [0.15, 0.2) is 11.6 Å². The lowest BCUT2D eigenvalue weighted by atomic mass is 9.98. The highest BCUT2D eigenvalue weighted by molar-refractivity contribution is 5.94. The molecular formula is C19H33N7O5. The molecule has 1 fully saturated rings. The average molecular weight is 440 g/mol. The summed E-state index contributed by atoms with van der Waals surface area (Å²) in [7, 11) is 0. The number of ether oxygens (including phenoxy) is 2. The molecule has 1 aromatic heterocycles. The number of amides is 2. The molecule has 1 saturated heterocycles. The van der Waals surface area contributed by atoms with E-state index in [9.17, 15) is 14.4 Å². The number of hydrogen-bond acceptors (Lipinski definition) is 9. The van der Waals surface area contributed by atoms with Gasteiger partial charge in [-0.3, -0.25) is 9.69 Å². The van der Waals surface area contributed by atoms with E-state index in [1.54, 1.807) is 20.8 Å². The third-order valence-electron chi connectivity index (χ3n) is 4.61. The molecule has 0 radical (unpaired) electrons. The molecule has 12 nitrogen and oxygen atoms in total. The van der Waals surface area contributed by atoms with E-state index in [4.69, 9.17) is 9.47 Å². The number of rotatable bonds is 9. The van der Waals surface area contributed by atoms with Crippen LogP contribution >= 0.6 is 0 Å². The number of aromatic nitrogens is 4. The van der Waals surface area contributed by atoms with Gasteiger partial charge in [0.2, 0.25) is 0 Å². The number of carbonyl (C=O) groups is 3. The van der Waals surface area contributed by atoms with Crippen molar-refractivity contribution < 1.29 is 23.9 Å². The molecule has 31 heavy (non-hydrogen) atoms. The van der Waals surface area contributed by atoms with Crippen LogP contribution < -0.4 is 10.6 Å². The predicted octanol–water partition coefficient (Wildman–Crippen LogP) is 0.805. The normalized spacial score (nSPS) is 17.7. The summed E-state index contributed by atoms with van der Waals surface area (Å²) in [6, 6.07) is -1.67. The number of nitrogens with one attached hydrogen (secondary N) is 3. The van der Waals surface area contributed by atoms with Crippen LogP contribution in [0.25, 0.3) is 0 Å². The zero-order valence-electron chi connectivity index (χ0n) is 18.6. The van der Waals surface area contributed by atoms with E-state index in [-0.39, 0.29) is 18.7 Å². The Hall–Kier alpha value is -2.76. The van der Waals surface area contributed by atoms with Gasteiger partial charge in [-0.1, -0.05) is 18.6 Å². The summed E-state index contributed by atoms with van der Waals surface area (Å²) in [4.78, 5) is 39.7. The number of carbonyl (C=O) groups excluding carboxylic acids is 3. The standard InChI is InChI=1S/C19H33N7O5/c1-5-6-11-30-18(29)26-10-9-20-12-14(26)16(27)13(7-8-15-22-24-25-23-15)21-17(28)31-19(2,3)4/h13-14,20H,5-12H2,1-4H3,(H,21,28)(H,22,23,24,25)/t13-,14?/m0/s1. The molecule has 0 aromatic carbocycles. The van der Waals surface area contributed by atoms with Crippen LogP contribution in [0, 0.1) is 0 Å². The SMILES string of the molecule is CCCCOC(=O)N1CCNCC1C(=O)[C@H](CCc1nn[nH]n1)NC(=O)OC(C)(C)C. The number of aryl methyl sites for hydroxylation is 1. The largest absolute Gasteiger partial charge is 0.449 e. The summed E-state index contributed by atoms with van der Waals surface area (Å²) in [5.74, 6) is 0.107. The van der Waals surface area contributed by atoms with Crippen molar-refractivity contribution in [2.75, 3.05) is 26.2 Å². The first kappa shape index (κ1) is 24.5. The second-order valence-electron chi connectivity index (χ2n) is 8.35. The summed E-state index contributed by atoms with van der Waals surface area (Å²) in [6.45, 7) is 8.69. The molecule has 2 heterocycles. The maximum absolute atomic E-state index is 13.4. The number of H-pyrrole nitrogens is 1. The number of Topliss-reactive ketones (excluding diaryl/α,β-unsaturated/α-hetero) is 1. The zero-order chi connectivity index (χ0) is 22.9. The molecule has 0 spiro atoms. The smallest absolute Gasteiger partial charge is 0.410 e. The molecule has 1 unspecified atom stereocenters. The summed E-state index contributed by atoms with van der Waals surface area (Å²) < 4.78 is 10.6. The summed E-state index contributed by atoms with van der Waals surface area (Å²) in [6.07, 6.45) is 0.956. The van der Waals surface area contributed by atoms with Crippen molar-refractivity contribution >= 4 is 18.0 Å². The lowest BCUT2D eigenvalue weighted by Crippen LogP contribution is -2.61. The Bertz CT molecular complexity index is 720. The zero-order valence-corrected chi connectivity index (χ0v) is 18.6. The minimum Gasteiger partial charge on any atom is -0.449 e. The number of nitrogens with zero attached hydrogens (tertiary/aromatic N) is 4. The lowest BCUT2D eigenvalue weighted by Gasteiger charge is -2.36. The van der Waals surface area contributed by atoms with Crippen LogP contribution in [-0.4, -0.2) is 87.4 Å². The van der Waals surface area contributed by atoms with Crippen LogP contribution in [0.1, 0.15) is 52.8 Å². The number of piperazine rings is 1. The number of unbranched alkanes of at least 4 members (excludes halogenated alkanes) is 1. The number of alkyl carbamates (subject to hydrolysis) is 1. The molecular weight excluding hydrogens is 406 g/mol. The quantitative estimate of drug-likeness (QED) is 0.475. The van der Waals surface area contributed by atoms with Crippen LogP contribution in [0.5, 0.6) is 0 Å². The van der Waals surface area contributed by atoms with Crippen molar-refractivity contribution in [2.45, 2.75) is 71.1 Å². The van der Waals surface area contributed by atoms with Gasteiger partial charge in [-0.15, -0.1) is 10.2 Å². The van der Waals surface area contributed by atoms with Gasteiger partial charge < -0.3 is 20.1 Å². The monoisotopic (exact) mass is 439 g/mol. The molecule has 174 valence electrons. The number of ketones is 1. The molecule has 1 aromatic rings. The van der Waals surface area contributed by atoms with E-state index in [0.29, 0.717) is 31.9 Å². The number of tetrazole rings is 1. The van der Waals surface area contributed by atoms with E-state index in [1.807, 2.05) is 6.92 Å². The van der Waals surface area contributed by atoms with Gasteiger partial charge in [-0.05, 0) is 33.6 Å². The Morgan fingerprint density at radius 1 is 1.32 bits per heavy atom. The number of aromatic amines is 1. The van der Waals surface area contributed by atoms with Crippen LogP contribution in [0.15, 0.2) is 0 Å². The Labute approximate surface area is 181 Å². The Balaban J connectivity index is 2.11. The predicted molar refractivity (Wildman–Crippen MR) is 110 cm³/mol. The van der Waals surface area contributed by atoms with E-state index in [2.05, 4.69) is 31.3 Å². The third kappa shape index (κ3) is 8.12. The molecule has 1 aliphatic rings. The first-order valence-corrected chi connectivity index (χ1v) is 10.6. The molecule has 0 bridgehead atoms. The molecule has 2 amide bonds. The van der Waals surface area contributed by atoms with Crippen LogP contribution in [-0.2, 0) is 20.7 Å². The van der Waals surface area contributed by atoms with E-state index in [0.717, 1.165) is 12.8 Å². The first-order valence-electron chi connectivity index (χ1n) is 10.6. The lowest BCUT2D eigenvalue weighted by molar-refractivity contribution is -0.126. The summed E-state index contributed by atoms with van der Waals surface area (Å²) in [5, 5.41) is 19.4. The molecule has 1 aliphatic heterocycles. The Kier molecular flexibility index (Phi) is 9.16. The highest BCUT2D eigenvalue weighted by Crippen LogP contribution is 2.14. The Morgan fingerprint density at radius 3 is 2.74 bits per heavy atom. The van der Waals surface area contributed by atoms with Gasteiger partial charge in [0.1, 0.15) is 11.6 Å². The second-order valence-corrected chi connectivity index (χ2v) is 8.35. The van der Waals surface area contributed by atoms with Gasteiger partial charge in [-0.25, -0.2) is 9.59 Å². The van der Waals surface area contributed by atoms with E-state index < -0.39 is 29.9 Å². The van der Waals surface area contributed by atoms with Gasteiger partial charge in [0.25, 0.3) is 0 Å². The van der Waals surface area contributed by atoms with Crippen molar-refractivity contribution in [1.29, 1.82) is 0 Å². The third-order valence-corrected chi connectivity index (χ3v) is 4.61. The fourth-order valence-corrected chi connectivity index (χ4v) is 3.09. The van der Waals surface area contributed by atoms with Crippen molar-refractivity contribution in [3.05, 3.63) is 5.82 Å². The highest BCUT2D eigenvalue weighted by atomic mass is 16.6. The minimum atomic E-state index is -0.899.